The van der Waals surface area contributed by atoms with Crippen LogP contribution in [0.3, 0.4) is 0 Å². The maximum atomic E-state index is 9.58. The Morgan fingerprint density at radius 3 is 2.50 bits per heavy atom. The molecular weight excluding hydrogens is 200 g/mol. The lowest BCUT2D eigenvalue weighted by Gasteiger charge is -2.34. The quantitative estimate of drug-likeness (QED) is 0.769. The summed E-state index contributed by atoms with van der Waals surface area (Å²) >= 11 is 0. The Kier molecular flexibility index (Phi) is 4.22. The summed E-state index contributed by atoms with van der Waals surface area (Å²) in [4.78, 5) is 4.99. The van der Waals surface area contributed by atoms with Crippen molar-refractivity contribution in [2.24, 2.45) is 0 Å². The van der Waals surface area contributed by atoms with Crippen LogP contribution < -0.4 is 0 Å². The van der Waals surface area contributed by atoms with E-state index >= 15 is 0 Å². The van der Waals surface area contributed by atoms with E-state index < -0.39 is 0 Å². The molecule has 0 radical (unpaired) electrons. The molecule has 16 heavy (non-hydrogen) atoms. The summed E-state index contributed by atoms with van der Waals surface area (Å²) in [6, 6.07) is 1.76. The Balaban J connectivity index is 2.03. The second kappa shape index (κ2) is 5.48. The molecule has 2 atom stereocenters. The maximum absolute atomic E-state index is 9.58. The second-order valence-electron chi connectivity index (χ2n) is 5.59. The van der Waals surface area contributed by atoms with Crippen LogP contribution in [-0.4, -0.2) is 59.8 Å². The number of aliphatic hydroxyl groups is 1. The fraction of sp³-hybridized carbons (Fsp3) is 1.00. The van der Waals surface area contributed by atoms with Crippen LogP contribution in [0.5, 0.6) is 0 Å². The third kappa shape index (κ3) is 2.58. The molecule has 1 saturated carbocycles. The Hall–Kier alpha value is -0.120. The first kappa shape index (κ1) is 12.3. The fourth-order valence-electron chi connectivity index (χ4n) is 3.24. The molecular formula is C13H26N2O. The van der Waals surface area contributed by atoms with Gasteiger partial charge in [0.15, 0.2) is 0 Å². The third-order valence-electron chi connectivity index (χ3n) is 4.53. The molecule has 94 valence electrons. The van der Waals surface area contributed by atoms with Gasteiger partial charge in [0.2, 0.25) is 0 Å². The average molecular weight is 226 g/mol. The van der Waals surface area contributed by atoms with Crippen molar-refractivity contribution in [3.8, 4) is 0 Å². The van der Waals surface area contributed by atoms with E-state index in [0.717, 1.165) is 12.6 Å². The molecule has 0 aromatic carbocycles. The van der Waals surface area contributed by atoms with E-state index in [1.54, 1.807) is 0 Å². The van der Waals surface area contributed by atoms with Crippen molar-refractivity contribution in [1.82, 2.24) is 9.80 Å². The van der Waals surface area contributed by atoms with Crippen molar-refractivity contribution >= 4 is 0 Å². The van der Waals surface area contributed by atoms with E-state index in [-0.39, 0.29) is 0 Å². The number of aliphatic hydroxyl groups excluding tert-OH is 1. The molecule has 1 saturated heterocycles. The predicted octanol–water partition coefficient (Wildman–Crippen LogP) is 1.32. The summed E-state index contributed by atoms with van der Waals surface area (Å²) < 4.78 is 0. The lowest BCUT2D eigenvalue weighted by Crippen LogP contribution is -2.47. The number of nitrogens with zero attached hydrogens (tertiary/aromatic N) is 2. The van der Waals surface area contributed by atoms with Gasteiger partial charge < -0.3 is 10.0 Å². The van der Waals surface area contributed by atoms with Gasteiger partial charge in [-0.3, -0.25) is 4.90 Å². The molecule has 0 amide bonds. The third-order valence-corrected chi connectivity index (χ3v) is 4.53. The first-order chi connectivity index (χ1) is 7.72. The molecule has 3 nitrogen and oxygen atoms in total. The van der Waals surface area contributed by atoms with Crippen molar-refractivity contribution in [2.45, 2.75) is 57.2 Å². The minimum Gasteiger partial charge on any atom is -0.395 e. The van der Waals surface area contributed by atoms with Crippen molar-refractivity contribution in [3.63, 3.8) is 0 Å². The number of hydrogen-bond acceptors (Lipinski definition) is 3. The van der Waals surface area contributed by atoms with Gasteiger partial charge in [0.25, 0.3) is 0 Å². The van der Waals surface area contributed by atoms with Crippen LogP contribution in [0.4, 0.5) is 0 Å². The highest BCUT2D eigenvalue weighted by molar-refractivity contribution is 4.88. The normalized spacial score (nSPS) is 35.4. The molecule has 0 aromatic heterocycles. The zero-order valence-electron chi connectivity index (χ0n) is 10.7. The van der Waals surface area contributed by atoms with Gasteiger partial charge in [0, 0.05) is 31.2 Å². The van der Waals surface area contributed by atoms with Gasteiger partial charge in [-0.1, -0.05) is 12.8 Å². The van der Waals surface area contributed by atoms with E-state index in [2.05, 4.69) is 23.8 Å². The van der Waals surface area contributed by atoms with E-state index in [1.165, 1.54) is 38.6 Å². The van der Waals surface area contributed by atoms with E-state index in [9.17, 15) is 5.11 Å². The average Bonchev–Trinajstić information content (AvgIpc) is 2.76. The van der Waals surface area contributed by atoms with Crippen molar-refractivity contribution in [3.05, 3.63) is 0 Å². The summed E-state index contributed by atoms with van der Waals surface area (Å²) in [5, 5.41) is 9.58. The van der Waals surface area contributed by atoms with Crippen LogP contribution in [0.25, 0.3) is 0 Å². The topological polar surface area (TPSA) is 26.7 Å². The number of hydrogen-bond donors (Lipinski definition) is 1. The van der Waals surface area contributed by atoms with Gasteiger partial charge in [-0.15, -0.1) is 0 Å². The second-order valence-corrected chi connectivity index (χ2v) is 5.59. The van der Waals surface area contributed by atoms with Crippen LogP contribution in [0.15, 0.2) is 0 Å². The van der Waals surface area contributed by atoms with Crippen LogP contribution in [0.1, 0.15) is 39.0 Å². The Morgan fingerprint density at radius 1 is 1.19 bits per heavy atom. The Bertz CT molecular complexity index is 216. The first-order valence-corrected chi connectivity index (χ1v) is 6.79. The molecule has 1 aliphatic carbocycles. The molecule has 2 rings (SSSR count). The van der Waals surface area contributed by atoms with Gasteiger partial charge in [-0.2, -0.15) is 0 Å². The van der Waals surface area contributed by atoms with E-state index in [4.69, 9.17) is 0 Å². The van der Waals surface area contributed by atoms with Gasteiger partial charge in [0.1, 0.15) is 0 Å². The molecule has 2 fully saturated rings. The fourth-order valence-corrected chi connectivity index (χ4v) is 3.24. The minimum atomic E-state index is 0.313. The standard InChI is InChI=1S/C13H26N2O/c1-11-7-8-15(12-5-3-4-6-12)13(10-16)9-14(11)2/h11-13,16H,3-10H2,1-2H3. The van der Waals surface area contributed by atoms with Crippen LogP contribution in [0, 0.1) is 0 Å². The predicted molar refractivity (Wildman–Crippen MR) is 66.5 cm³/mol. The molecule has 1 heterocycles. The summed E-state index contributed by atoms with van der Waals surface area (Å²) in [5.41, 5.74) is 0. The Labute approximate surface area is 99.4 Å². The summed E-state index contributed by atoms with van der Waals surface area (Å²) in [5.74, 6) is 0. The molecule has 0 spiro atoms. The highest BCUT2D eigenvalue weighted by atomic mass is 16.3. The number of rotatable bonds is 2. The Morgan fingerprint density at radius 2 is 1.88 bits per heavy atom. The summed E-state index contributed by atoms with van der Waals surface area (Å²) in [6.07, 6.45) is 6.68. The maximum Gasteiger partial charge on any atom is 0.0599 e. The minimum absolute atomic E-state index is 0.313. The molecule has 1 N–H and O–H groups in total. The SMILES string of the molecule is CC1CCN(C2CCCC2)C(CO)CN1C. The molecule has 1 aliphatic heterocycles. The van der Waals surface area contributed by atoms with Crippen LogP contribution in [0.2, 0.25) is 0 Å². The van der Waals surface area contributed by atoms with E-state index in [0.29, 0.717) is 18.7 Å². The van der Waals surface area contributed by atoms with E-state index in [1.807, 2.05) is 0 Å². The van der Waals surface area contributed by atoms with Crippen molar-refractivity contribution in [1.29, 1.82) is 0 Å². The highest BCUT2D eigenvalue weighted by Gasteiger charge is 2.32. The van der Waals surface area contributed by atoms with Gasteiger partial charge in [-0.05, 0) is 33.2 Å². The summed E-state index contributed by atoms with van der Waals surface area (Å²) in [7, 11) is 2.19. The van der Waals surface area contributed by atoms with Gasteiger partial charge >= 0.3 is 0 Å². The summed E-state index contributed by atoms with van der Waals surface area (Å²) in [6.45, 7) is 4.80. The number of likely N-dealkylation sites (N-methyl/N-ethyl adjacent to an activating group) is 1. The molecule has 3 heteroatoms. The van der Waals surface area contributed by atoms with Gasteiger partial charge in [0.05, 0.1) is 6.61 Å². The van der Waals surface area contributed by atoms with Crippen molar-refractivity contribution in [2.75, 3.05) is 26.7 Å². The lowest BCUT2D eigenvalue weighted by molar-refractivity contribution is 0.0811. The largest absolute Gasteiger partial charge is 0.395 e. The highest BCUT2D eigenvalue weighted by Crippen LogP contribution is 2.27. The van der Waals surface area contributed by atoms with Crippen molar-refractivity contribution < 1.29 is 5.11 Å². The monoisotopic (exact) mass is 226 g/mol. The van der Waals surface area contributed by atoms with Gasteiger partial charge in [-0.25, -0.2) is 0 Å². The van der Waals surface area contributed by atoms with Crippen LogP contribution in [-0.2, 0) is 0 Å². The molecule has 2 aliphatic rings. The lowest BCUT2D eigenvalue weighted by atomic mass is 10.1. The zero-order valence-corrected chi connectivity index (χ0v) is 10.7. The molecule has 0 aromatic rings. The zero-order chi connectivity index (χ0) is 11.5. The molecule has 2 unspecified atom stereocenters. The van der Waals surface area contributed by atoms with Crippen LogP contribution >= 0.6 is 0 Å². The molecule has 0 bridgehead atoms. The smallest absolute Gasteiger partial charge is 0.0599 e. The first-order valence-electron chi connectivity index (χ1n) is 6.79.